The number of aromatic nitrogens is 4. The molecule has 31 heavy (non-hydrogen) atoms. The van der Waals surface area contributed by atoms with E-state index in [0.29, 0.717) is 42.2 Å². The number of fused-ring (bicyclic) bond motifs is 2. The van der Waals surface area contributed by atoms with Crippen molar-refractivity contribution in [2.24, 2.45) is 0 Å². The van der Waals surface area contributed by atoms with Gasteiger partial charge < -0.3 is 29.4 Å². The number of hydrogen-bond donors (Lipinski definition) is 2. The molecule has 0 spiro atoms. The van der Waals surface area contributed by atoms with E-state index in [-0.39, 0.29) is 12.1 Å². The van der Waals surface area contributed by atoms with Crippen molar-refractivity contribution < 1.29 is 14.2 Å². The quantitative estimate of drug-likeness (QED) is 0.402. The van der Waals surface area contributed by atoms with Crippen LogP contribution in [0.3, 0.4) is 0 Å². The van der Waals surface area contributed by atoms with E-state index in [4.69, 9.17) is 25.8 Å². The molecular weight excluding hydrogens is 420 g/mol. The fraction of sp³-hybridized carbons (Fsp3) is 0.476. The predicted octanol–water partition coefficient (Wildman–Crippen LogP) is 3.53. The summed E-state index contributed by atoms with van der Waals surface area (Å²) in [4.78, 5) is 13.3. The lowest BCUT2D eigenvalue weighted by Gasteiger charge is -2.12. The van der Waals surface area contributed by atoms with Gasteiger partial charge in [0.25, 0.3) is 0 Å². The van der Waals surface area contributed by atoms with Crippen molar-refractivity contribution in [3.8, 4) is 17.2 Å². The number of ether oxygens (including phenoxy) is 3. The van der Waals surface area contributed by atoms with Crippen LogP contribution in [-0.2, 0) is 6.54 Å². The Morgan fingerprint density at radius 1 is 1.19 bits per heavy atom. The van der Waals surface area contributed by atoms with E-state index in [0.717, 1.165) is 36.1 Å². The second-order valence-electron chi connectivity index (χ2n) is 7.74. The molecule has 0 amide bonds. The zero-order chi connectivity index (χ0) is 21.2. The third-order valence-electron chi connectivity index (χ3n) is 5.75. The molecule has 0 radical (unpaired) electrons. The van der Waals surface area contributed by atoms with Crippen LogP contribution < -0.4 is 24.8 Å². The molecule has 2 N–H and O–H groups in total. The first-order valence-electron chi connectivity index (χ1n) is 10.5. The van der Waals surface area contributed by atoms with Gasteiger partial charge in [-0.1, -0.05) is 12.8 Å². The fourth-order valence-electron chi connectivity index (χ4n) is 4.25. The number of nitrogens with zero attached hydrogens (tertiary/aromatic N) is 4. The molecule has 2 aliphatic rings. The molecule has 1 aliphatic heterocycles. The molecule has 0 saturated heterocycles. The van der Waals surface area contributed by atoms with Crippen molar-refractivity contribution >= 4 is 28.6 Å². The normalized spacial score (nSPS) is 15.7. The van der Waals surface area contributed by atoms with Crippen LogP contribution in [0.25, 0.3) is 11.2 Å². The van der Waals surface area contributed by atoms with Crippen molar-refractivity contribution in [3.63, 3.8) is 0 Å². The molecule has 164 valence electrons. The van der Waals surface area contributed by atoms with Crippen molar-refractivity contribution in [2.45, 2.75) is 38.3 Å². The van der Waals surface area contributed by atoms with Crippen molar-refractivity contribution in [3.05, 3.63) is 29.3 Å². The minimum absolute atomic E-state index is 0.221. The number of benzene rings is 1. The van der Waals surface area contributed by atoms with E-state index in [1.54, 1.807) is 7.11 Å². The van der Waals surface area contributed by atoms with Crippen LogP contribution in [0.15, 0.2) is 18.5 Å². The van der Waals surface area contributed by atoms with E-state index < -0.39 is 0 Å². The van der Waals surface area contributed by atoms with Gasteiger partial charge >= 0.3 is 0 Å². The molecule has 9 nitrogen and oxygen atoms in total. The van der Waals surface area contributed by atoms with Crippen LogP contribution in [0.1, 0.15) is 37.3 Å². The topological polar surface area (TPSA) is 95.4 Å². The molecule has 3 aromatic rings. The standard InChI is InChI=1S/C21H25ClN6O3/c1-29-15-8-13(9-16-18(15)31-12-30-16)10-23-6-7-24-19-17-20(27-21(22)26-19)28(11-25-17)14-4-2-3-5-14/h8-9,11,14,23H,2-7,10,12H2,1H3,(H,24,26,27). The average Bonchev–Trinajstić information content (AvgIpc) is 3.52. The highest BCUT2D eigenvalue weighted by atomic mass is 35.5. The first kappa shape index (κ1) is 20.1. The van der Waals surface area contributed by atoms with Gasteiger partial charge in [-0.25, -0.2) is 4.98 Å². The van der Waals surface area contributed by atoms with E-state index in [1.807, 2.05) is 18.5 Å². The molecule has 1 fully saturated rings. The third-order valence-corrected chi connectivity index (χ3v) is 5.92. The second-order valence-corrected chi connectivity index (χ2v) is 8.08. The maximum atomic E-state index is 6.20. The van der Waals surface area contributed by atoms with Gasteiger partial charge in [0, 0.05) is 25.7 Å². The van der Waals surface area contributed by atoms with E-state index in [2.05, 4.69) is 30.2 Å². The van der Waals surface area contributed by atoms with Crippen molar-refractivity contribution in [1.82, 2.24) is 24.8 Å². The summed E-state index contributed by atoms with van der Waals surface area (Å²) in [6.07, 6.45) is 6.67. The number of anilines is 1. The summed E-state index contributed by atoms with van der Waals surface area (Å²) in [7, 11) is 1.63. The van der Waals surface area contributed by atoms with E-state index >= 15 is 0 Å². The zero-order valence-electron chi connectivity index (χ0n) is 17.4. The molecule has 1 aliphatic carbocycles. The van der Waals surface area contributed by atoms with Crippen LogP contribution >= 0.6 is 11.6 Å². The lowest BCUT2D eigenvalue weighted by molar-refractivity contribution is 0.171. The summed E-state index contributed by atoms with van der Waals surface area (Å²) in [6, 6.07) is 4.37. The zero-order valence-corrected chi connectivity index (χ0v) is 18.1. The summed E-state index contributed by atoms with van der Waals surface area (Å²) < 4.78 is 18.5. The number of nitrogens with one attached hydrogen (secondary N) is 2. The predicted molar refractivity (Wildman–Crippen MR) is 117 cm³/mol. The second kappa shape index (κ2) is 8.76. The van der Waals surface area contributed by atoms with Gasteiger partial charge in [0.05, 0.1) is 13.4 Å². The summed E-state index contributed by atoms with van der Waals surface area (Å²) in [5, 5.41) is 6.98. The molecule has 3 heterocycles. The van der Waals surface area contributed by atoms with Gasteiger partial charge in [-0.15, -0.1) is 0 Å². The number of hydrogen-bond acceptors (Lipinski definition) is 8. The molecule has 0 unspecified atom stereocenters. The van der Waals surface area contributed by atoms with Gasteiger partial charge in [-0.3, -0.25) is 0 Å². The third kappa shape index (κ3) is 4.07. The Kier molecular flexibility index (Phi) is 5.69. The maximum Gasteiger partial charge on any atom is 0.231 e. The molecule has 1 saturated carbocycles. The van der Waals surface area contributed by atoms with Crippen molar-refractivity contribution in [2.75, 3.05) is 32.3 Å². The fourth-order valence-corrected chi connectivity index (χ4v) is 4.42. The van der Waals surface area contributed by atoms with Crippen LogP contribution in [-0.4, -0.2) is 46.5 Å². The lowest BCUT2D eigenvalue weighted by Crippen LogP contribution is -2.22. The lowest BCUT2D eigenvalue weighted by atomic mass is 10.2. The highest BCUT2D eigenvalue weighted by Gasteiger charge is 2.22. The number of halogens is 1. The SMILES string of the molecule is COc1cc(CNCCNc2nc(Cl)nc3c2ncn3C2CCCC2)cc2c1OCO2. The van der Waals surface area contributed by atoms with E-state index in [1.165, 1.54) is 12.8 Å². The highest BCUT2D eigenvalue weighted by Crippen LogP contribution is 2.41. The molecular formula is C21H25ClN6O3. The van der Waals surface area contributed by atoms with Gasteiger partial charge in [0.1, 0.15) is 0 Å². The Labute approximate surface area is 185 Å². The minimum atomic E-state index is 0.221. The summed E-state index contributed by atoms with van der Waals surface area (Å²) >= 11 is 6.20. The Bertz CT molecular complexity index is 1080. The Morgan fingerprint density at radius 3 is 2.90 bits per heavy atom. The minimum Gasteiger partial charge on any atom is -0.493 e. The summed E-state index contributed by atoms with van der Waals surface area (Å²) in [6.45, 7) is 2.29. The van der Waals surface area contributed by atoms with Gasteiger partial charge in [-0.2, -0.15) is 9.97 Å². The van der Waals surface area contributed by atoms with Gasteiger partial charge in [0.2, 0.25) is 17.8 Å². The molecule has 10 heteroatoms. The van der Waals surface area contributed by atoms with Crippen LogP contribution in [0, 0.1) is 0 Å². The Morgan fingerprint density at radius 2 is 2.06 bits per heavy atom. The first-order chi connectivity index (χ1) is 15.2. The largest absolute Gasteiger partial charge is 0.493 e. The average molecular weight is 445 g/mol. The van der Waals surface area contributed by atoms with Crippen molar-refractivity contribution in [1.29, 1.82) is 0 Å². The number of methoxy groups -OCH3 is 1. The summed E-state index contributed by atoms with van der Waals surface area (Å²) in [5.41, 5.74) is 2.62. The number of imidazole rings is 1. The number of rotatable bonds is 8. The molecule has 0 bridgehead atoms. The monoisotopic (exact) mass is 444 g/mol. The van der Waals surface area contributed by atoms with Gasteiger partial charge in [0.15, 0.2) is 28.5 Å². The Hall–Kier alpha value is -2.78. The van der Waals surface area contributed by atoms with Crippen LogP contribution in [0.4, 0.5) is 5.82 Å². The molecule has 2 aromatic heterocycles. The Balaban J connectivity index is 1.20. The van der Waals surface area contributed by atoms with Crippen LogP contribution in [0.2, 0.25) is 5.28 Å². The molecule has 1 aromatic carbocycles. The van der Waals surface area contributed by atoms with Crippen LogP contribution in [0.5, 0.6) is 17.2 Å². The molecule has 5 rings (SSSR count). The maximum absolute atomic E-state index is 6.20. The first-order valence-corrected chi connectivity index (χ1v) is 10.9. The van der Waals surface area contributed by atoms with Gasteiger partial charge in [-0.05, 0) is 42.1 Å². The highest BCUT2D eigenvalue weighted by molar-refractivity contribution is 6.28. The molecule has 0 atom stereocenters. The smallest absolute Gasteiger partial charge is 0.231 e. The van der Waals surface area contributed by atoms with E-state index in [9.17, 15) is 0 Å². The summed E-state index contributed by atoms with van der Waals surface area (Å²) in [5.74, 6) is 2.72.